The van der Waals surface area contributed by atoms with E-state index in [-0.39, 0.29) is 5.54 Å². The van der Waals surface area contributed by atoms with Crippen molar-refractivity contribution in [3.8, 4) is 0 Å². The van der Waals surface area contributed by atoms with Gasteiger partial charge in [0.15, 0.2) is 0 Å². The van der Waals surface area contributed by atoms with Crippen LogP contribution in [0.4, 0.5) is 0 Å². The lowest BCUT2D eigenvalue weighted by molar-refractivity contribution is 0.0205. The molecule has 1 aliphatic heterocycles. The van der Waals surface area contributed by atoms with E-state index in [0.29, 0.717) is 13.2 Å². The summed E-state index contributed by atoms with van der Waals surface area (Å²) in [5.41, 5.74) is 1.99. The van der Waals surface area contributed by atoms with Gasteiger partial charge in [-0.25, -0.2) is 9.97 Å². The molecule has 0 amide bonds. The molecule has 3 rings (SSSR count). The summed E-state index contributed by atoms with van der Waals surface area (Å²) in [5, 5.41) is 0. The Kier molecular flexibility index (Phi) is 2.09. The summed E-state index contributed by atoms with van der Waals surface area (Å²) in [6, 6.07) is 2.01. The summed E-state index contributed by atoms with van der Waals surface area (Å²) in [4.78, 5) is 8.74. The monoisotopic (exact) mass is 281 g/mol. The Bertz CT molecular complexity index is 562. The topological polar surface area (TPSA) is 39.9 Å². The fraction of sp³-hybridized carbons (Fsp3) is 0.455. The largest absolute Gasteiger partial charge is 0.371 e. The highest BCUT2D eigenvalue weighted by molar-refractivity contribution is 9.10. The number of aromatic nitrogens is 3. The molecule has 1 aliphatic rings. The number of rotatable bonds is 0. The molecule has 0 aromatic carbocycles. The third-order valence-electron chi connectivity index (χ3n) is 2.87. The Balaban J connectivity index is 2.37. The summed E-state index contributed by atoms with van der Waals surface area (Å²) in [6.45, 7) is 5.61. The third kappa shape index (κ3) is 1.38. The van der Waals surface area contributed by atoms with E-state index < -0.39 is 0 Å². The molecule has 5 heteroatoms. The van der Waals surface area contributed by atoms with E-state index in [0.717, 1.165) is 21.5 Å². The summed E-state index contributed by atoms with van der Waals surface area (Å²) in [5.74, 6) is 0.978. The molecule has 0 N–H and O–H groups in total. The van der Waals surface area contributed by atoms with Crippen molar-refractivity contribution < 1.29 is 4.74 Å². The highest BCUT2D eigenvalue weighted by atomic mass is 79.9. The molecule has 0 saturated carbocycles. The molecule has 2 aromatic rings. The second-order valence-corrected chi connectivity index (χ2v) is 5.48. The summed E-state index contributed by atoms with van der Waals surface area (Å²) in [6.07, 6.45) is 1.79. The molecule has 0 aliphatic carbocycles. The van der Waals surface area contributed by atoms with Crippen molar-refractivity contribution in [2.75, 3.05) is 6.61 Å². The van der Waals surface area contributed by atoms with E-state index in [9.17, 15) is 0 Å². The summed E-state index contributed by atoms with van der Waals surface area (Å²) in [7, 11) is 0. The number of imidazole rings is 1. The summed E-state index contributed by atoms with van der Waals surface area (Å²) >= 11 is 3.40. The minimum absolute atomic E-state index is 0.0525. The van der Waals surface area contributed by atoms with Crippen molar-refractivity contribution in [2.45, 2.75) is 26.0 Å². The standard InChI is InChI=1S/C11H12BrN3O/c1-11(2)6-16-5-10-14-7-4-13-9(12)3-8(7)15(10)11/h3-4H,5-6H2,1-2H3. The van der Waals surface area contributed by atoms with Gasteiger partial charge in [0, 0.05) is 0 Å². The van der Waals surface area contributed by atoms with Crippen LogP contribution in [0.25, 0.3) is 11.0 Å². The first-order chi connectivity index (χ1) is 7.58. The zero-order chi connectivity index (χ0) is 11.3. The van der Waals surface area contributed by atoms with Gasteiger partial charge in [0.2, 0.25) is 0 Å². The van der Waals surface area contributed by atoms with Gasteiger partial charge < -0.3 is 9.30 Å². The van der Waals surface area contributed by atoms with E-state index in [2.05, 4.69) is 44.3 Å². The lowest BCUT2D eigenvalue weighted by Crippen LogP contribution is -2.37. The predicted octanol–water partition coefficient (Wildman–Crippen LogP) is 2.46. The van der Waals surface area contributed by atoms with Crippen molar-refractivity contribution in [2.24, 2.45) is 0 Å². The van der Waals surface area contributed by atoms with E-state index in [1.54, 1.807) is 6.20 Å². The zero-order valence-electron chi connectivity index (χ0n) is 9.20. The maximum atomic E-state index is 5.56. The Labute approximate surface area is 102 Å². The van der Waals surface area contributed by atoms with Crippen molar-refractivity contribution in [3.63, 3.8) is 0 Å². The van der Waals surface area contributed by atoms with Crippen molar-refractivity contribution in [1.82, 2.24) is 14.5 Å². The fourth-order valence-electron chi connectivity index (χ4n) is 2.24. The molecule has 0 saturated heterocycles. The van der Waals surface area contributed by atoms with Crippen molar-refractivity contribution in [1.29, 1.82) is 0 Å². The van der Waals surface area contributed by atoms with Gasteiger partial charge in [-0.1, -0.05) is 0 Å². The smallest absolute Gasteiger partial charge is 0.136 e. The van der Waals surface area contributed by atoms with Gasteiger partial charge in [0.25, 0.3) is 0 Å². The first kappa shape index (κ1) is 10.2. The SMILES string of the molecule is CC1(C)COCc2nc3cnc(Br)cc3n21. The lowest BCUT2D eigenvalue weighted by atomic mass is 10.1. The van der Waals surface area contributed by atoms with Gasteiger partial charge in [0.1, 0.15) is 22.6 Å². The van der Waals surface area contributed by atoms with Crippen LogP contribution in [0, 0.1) is 0 Å². The lowest BCUT2D eigenvalue weighted by Gasteiger charge is -2.33. The molecule has 84 valence electrons. The van der Waals surface area contributed by atoms with Gasteiger partial charge in [-0.05, 0) is 35.8 Å². The minimum atomic E-state index is -0.0525. The molecule has 0 spiro atoms. The predicted molar refractivity (Wildman–Crippen MR) is 64.2 cm³/mol. The number of ether oxygens (including phenoxy) is 1. The first-order valence-corrected chi connectivity index (χ1v) is 5.98. The molecule has 0 atom stereocenters. The Morgan fingerprint density at radius 2 is 2.31 bits per heavy atom. The van der Waals surface area contributed by atoms with Crippen LogP contribution in [-0.2, 0) is 16.9 Å². The normalized spacial score (nSPS) is 18.7. The average molecular weight is 282 g/mol. The van der Waals surface area contributed by atoms with E-state index in [1.807, 2.05) is 6.07 Å². The number of halogens is 1. The molecule has 0 bridgehead atoms. The quantitative estimate of drug-likeness (QED) is 0.697. The van der Waals surface area contributed by atoms with Crippen LogP contribution in [-0.4, -0.2) is 21.1 Å². The van der Waals surface area contributed by atoms with Crippen LogP contribution >= 0.6 is 15.9 Å². The zero-order valence-corrected chi connectivity index (χ0v) is 10.8. The molecule has 0 radical (unpaired) electrons. The maximum absolute atomic E-state index is 5.56. The highest BCUT2D eigenvalue weighted by Crippen LogP contribution is 2.30. The first-order valence-electron chi connectivity index (χ1n) is 5.19. The fourth-order valence-corrected chi connectivity index (χ4v) is 2.55. The van der Waals surface area contributed by atoms with Gasteiger partial charge in [-0.3, -0.25) is 0 Å². The van der Waals surface area contributed by atoms with Crippen molar-refractivity contribution in [3.05, 3.63) is 22.7 Å². The molecule has 4 nitrogen and oxygen atoms in total. The van der Waals surface area contributed by atoms with Gasteiger partial charge in [-0.15, -0.1) is 0 Å². The second-order valence-electron chi connectivity index (χ2n) is 4.66. The molecular weight excluding hydrogens is 270 g/mol. The Hall–Kier alpha value is -0.940. The van der Waals surface area contributed by atoms with Crippen LogP contribution in [0.15, 0.2) is 16.9 Å². The molecule has 0 fully saturated rings. The highest BCUT2D eigenvalue weighted by Gasteiger charge is 2.30. The Morgan fingerprint density at radius 1 is 1.50 bits per heavy atom. The number of nitrogens with zero attached hydrogens (tertiary/aromatic N) is 3. The average Bonchev–Trinajstić information content (AvgIpc) is 2.56. The third-order valence-corrected chi connectivity index (χ3v) is 3.30. The van der Waals surface area contributed by atoms with E-state index in [4.69, 9.17) is 4.74 Å². The van der Waals surface area contributed by atoms with Crippen LogP contribution in [0.3, 0.4) is 0 Å². The molecule has 3 heterocycles. The number of hydrogen-bond acceptors (Lipinski definition) is 3. The summed E-state index contributed by atoms with van der Waals surface area (Å²) < 4.78 is 8.64. The van der Waals surface area contributed by atoms with Gasteiger partial charge in [0.05, 0.1) is 23.9 Å². The van der Waals surface area contributed by atoms with Crippen LogP contribution in [0.2, 0.25) is 0 Å². The van der Waals surface area contributed by atoms with Crippen LogP contribution < -0.4 is 0 Å². The van der Waals surface area contributed by atoms with Crippen molar-refractivity contribution >= 4 is 27.0 Å². The minimum Gasteiger partial charge on any atom is -0.371 e. The van der Waals surface area contributed by atoms with Gasteiger partial charge >= 0.3 is 0 Å². The molecular formula is C11H12BrN3O. The van der Waals surface area contributed by atoms with Gasteiger partial charge in [-0.2, -0.15) is 0 Å². The number of pyridine rings is 1. The van der Waals surface area contributed by atoms with E-state index in [1.165, 1.54) is 0 Å². The van der Waals surface area contributed by atoms with E-state index >= 15 is 0 Å². The molecule has 2 aromatic heterocycles. The number of hydrogen-bond donors (Lipinski definition) is 0. The maximum Gasteiger partial charge on any atom is 0.136 e. The van der Waals surface area contributed by atoms with Crippen LogP contribution in [0.1, 0.15) is 19.7 Å². The Morgan fingerprint density at radius 3 is 3.12 bits per heavy atom. The molecule has 0 unspecified atom stereocenters. The molecule has 16 heavy (non-hydrogen) atoms. The van der Waals surface area contributed by atoms with Crippen LogP contribution in [0.5, 0.6) is 0 Å². The second kappa shape index (κ2) is 3.28. The number of fused-ring (bicyclic) bond motifs is 3.